The summed E-state index contributed by atoms with van der Waals surface area (Å²) in [5.74, 6) is -0.678. The van der Waals surface area contributed by atoms with Crippen molar-refractivity contribution < 1.29 is 24.2 Å². The largest absolute Gasteiger partial charge is 0.507 e. The van der Waals surface area contributed by atoms with Crippen molar-refractivity contribution in [1.29, 1.82) is 0 Å². The Kier molecular flexibility index (Phi) is 6.86. The number of rotatable bonds is 7. The number of aromatic hydroxyl groups is 1. The summed E-state index contributed by atoms with van der Waals surface area (Å²) in [6, 6.07) is 11.4. The third kappa shape index (κ3) is 5.39. The molecule has 2 rings (SSSR count). The molecule has 0 aliphatic rings. The number of phenols is 1. The van der Waals surface area contributed by atoms with Crippen LogP contribution in [0.1, 0.15) is 22.8 Å². The summed E-state index contributed by atoms with van der Waals surface area (Å²) < 4.78 is 10.3. The molecule has 0 fully saturated rings. The van der Waals surface area contributed by atoms with Crippen LogP contribution in [0.4, 0.5) is 0 Å². The SMILES string of the molecule is CCOc1ccc(CN(C)C(=O)COC(=O)c2ccc(Cl)cc2O)cc1. The lowest BCUT2D eigenvalue weighted by molar-refractivity contribution is -0.133. The van der Waals surface area contributed by atoms with E-state index in [1.165, 1.54) is 23.1 Å². The van der Waals surface area contributed by atoms with Gasteiger partial charge in [-0.05, 0) is 42.8 Å². The van der Waals surface area contributed by atoms with E-state index in [0.29, 0.717) is 18.2 Å². The first-order valence-electron chi connectivity index (χ1n) is 8.02. The number of phenolic OH excluding ortho intramolecular Hbond substituents is 1. The molecule has 138 valence electrons. The minimum atomic E-state index is -0.790. The Balaban J connectivity index is 1.87. The van der Waals surface area contributed by atoms with Crippen LogP contribution in [0.5, 0.6) is 11.5 Å². The lowest BCUT2D eigenvalue weighted by Crippen LogP contribution is -2.30. The number of halogens is 1. The van der Waals surface area contributed by atoms with Gasteiger partial charge in [0.15, 0.2) is 6.61 Å². The highest BCUT2D eigenvalue weighted by molar-refractivity contribution is 6.30. The Morgan fingerprint density at radius 1 is 1.15 bits per heavy atom. The van der Waals surface area contributed by atoms with Crippen molar-refractivity contribution in [2.24, 2.45) is 0 Å². The molecule has 0 aliphatic carbocycles. The number of esters is 1. The van der Waals surface area contributed by atoms with Gasteiger partial charge in [0.1, 0.15) is 17.1 Å². The molecule has 2 aromatic carbocycles. The molecule has 0 spiro atoms. The summed E-state index contributed by atoms with van der Waals surface area (Å²) in [6.07, 6.45) is 0. The molecule has 26 heavy (non-hydrogen) atoms. The van der Waals surface area contributed by atoms with Crippen LogP contribution in [-0.4, -0.2) is 42.1 Å². The van der Waals surface area contributed by atoms with Gasteiger partial charge < -0.3 is 19.5 Å². The highest BCUT2D eigenvalue weighted by Crippen LogP contribution is 2.22. The molecule has 0 radical (unpaired) electrons. The number of benzene rings is 2. The first kappa shape index (κ1) is 19.6. The second kappa shape index (κ2) is 9.10. The van der Waals surface area contributed by atoms with E-state index < -0.39 is 12.6 Å². The van der Waals surface area contributed by atoms with E-state index in [9.17, 15) is 14.7 Å². The molecule has 6 nitrogen and oxygen atoms in total. The van der Waals surface area contributed by atoms with Gasteiger partial charge in [-0.1, -0.05) is 23.7 Å². The molecule has 1 N–H and O–H groups in total. The van der Waals surface area contributed by atoms with Crippen LogP contribution in [-0.2, 0) is 16.1 Å². The van der Waals surface area contributed by atoms with Gasteiger partial charge in [-0.3, -0.25) is 4.79 Å². The molecule has 0 saturated heterocycles. The molecule has 0 bridgehead atoms. The van der Waals surface area contributed by atoms with Crippen molar-refractivity contribution in [3.05, 3.63) is 58.6 Å². The lowest BCUT2D eigenvalue weighted by atomic mass is 10.2. The molecule has 7 heteroatoms. The van der Waals surface area contributed by atoms with Crippen molar-refractivity contribution in [3.8, 4) is 11.5 Å². The number of ether oxygens (including phenoxy) is 2. The molecule has 0 saturated carbocycles. The third-order valence-electron chi connectivity index (χ3n) is 3.59. The standard InChI is InChI=1S/C19H20ClNO5/c1-3-25-15-7-4-13(5-8-15)11-21(2)18(23)12-26-19(24)16-9-6-14(20)10-17(16)22/h4-10,22H,3,11-12H2,1-2H3. The second-order valence-electron chi connectivity index (χ2n) is 5.56. The summed E-state index contributed by atoms with van der Waals surface area (Å²) >= 11 is 5.71. The average molecular weight is 378 g/mol. The molecule has 0 aliphatic heterocycles. The highest BCUT2D eigenvalue weighted by Gasteiger charge is 2.16. The Bertz CT molecular complexity index is 776. The molecule has 0 unspecified atom stereocenters. The number of carbonyl (C=O) groups is 2. The summed E-state index contributed by atoms with van der Waals surface area (Å²) in [4.78, 5) is 25.5. The summed E-state index contributed by atoms with van der Waals surface area (Å²) in [7, 11) is 1.62. The Morgan fingerprint density at radius 2 is 1.85 bits per heavy atom. The molecule has 1 amide bonds. The first-order valence-corrected chi connectivity index (χ1v) is 8.40. The van der Waals surface area contributed by atoms with Gasteiger partial charge in [-0.15, -0.1) is 0 Å². The summed E-state index contributed by atoms with van der Waals surface area (Å²) in [5, 5.41) is 10.00. The Hall–Kier alpha value is -2.73. The van der Waals surface area contributed by atoms with Gasteiger partial charge in [0, 0.05) is 18.6 Å². The monoisotopic (exact) mass is 377 g/mol. The zero-order valence-corrected chi connectivity index (χ0v) is 15.3. The number of nitrogens with zero attached hydrogens (tertiary/aromatic N) is 1. The fourth-order valence-corrected chi connectivity index (χ4v) is 2.38. The van der Waals surface area contributed by atoms with Crippen molar-refractivity contribution in [3.63, 3.8) is 0 Å². The Morgan fingerprint density at radius 3 is 2.46 bits per heavy atom. The molecule has 0 aromatic heterocycles. The maximum absolute atomic E-state index is 12.1. The van der Waals surface area contributed by atoms with E-state index in [-0.39, 0.29) is 17.2 Å². The van der Waals surface area contributed by atoms with E-state index in [1.54, 1.807) is 7.05 Å². The van der Waals surface area contributed by atoms with E-state index in [0.717, 1.165) is 11.3 Å². The van der Waals surface area contributed by atoms with Gasteiger partial charge in [-0.25, -0.2) is 4.79 Å². The number of amides is 1. The molecule has 2 aromatic rings. The van der Waals surface area contributed by atoms with Gasteiger partial charge in [0.25, 0.3) is 5.91 Å². The van der Waals surface area contributed by atoms with Crippen LogP contribution in [0.3, 0.4) is 0 Å². The van der Waals surface area contributed by atoms with Crippen LogP contribution in [0, 0.1) is 0 Å². The Labute approximate surface area is 156 Å². The van der Waals surface area contributed by atoms with E-state index in [4.69, 9.17) is 21.1 Å². The number of hydrogen-bond acceptors (Lipinski definition) is 5. The summed E-state index contributed by atoms with van der Waals surface area (Å²) in [5.41, 5.74) is 0.877. The number of likely N-dealkylation sites (N-methyl/N-ethyl adjacent to an activating group) is 1. The molecular weight excluding hydrogens is 358 g/mol. The average Bonchev–Trinajstić information content (AvgIpc) is 2.61. The van der Waals surface area contributed by atoms with Gasteiger partial charge in [0.05, 0.1) is 6.61 Å². The zero-order valence-electron chi connectivity index (χ0n) is 14.6. The number of carbonyl (C=O) groups excluding carboxylic acids is 2. The van der Waals surface area contributed by atoms with Gasteiger partial charge in [0.2, 0.25) is 0 Å². The predicted octanol–water partition coefficient (Wildman–Crippen LogP) is 3.26. The highest BCUT2D eigenvalue weighted by atomic mass is 35.5. The van der Waals surface area contributed by atoms with Crippen molar-refractivity contribution in [1.82, 2.24) is 4.90 Å². The van der Waals surface area contributed by atoms with Crippen LogP contribution < -0.4 is 4.74 Å². The minimum absolute atomic E-state index is 0.0450. The summed E-state index contributed by atoms with van der Waals surface area (Å²) in [6.45, 7) is 2.45. The van der Waals surface area contributed by atoms with Gasteiger partial charge >= 0.3 is 5.97 Å². The molecule has 0 atom stereocenters. The van der Waals surface area contributed by atoms with Crippen molar-refractivity contribution in [2.75, 3.05) is 20.3 Å². The second-order valence-corrected chi connectivity index (χ2v) is 6.00. The van der Waals surface area contributed by atoms with Crippen LogP contribution in [0.15, 0.2) is 42.5 Å². The topological polar surface area (TPSA) is 76.1 Å². The van der Waals surface area contributed by atoms with Crippen LogP contribution in [0.25, 0.3) is 0 Å². The minimum Gasteiger partial charge on any atom is -0.507 e. The molecule has 0 heterocycles. The third-order valence-corrected chi connectivity index (χ3v) is 3.82. The van der Waals surface area contributed by atoms with Crippen LogP contribution in [0.2, 0.25) is 5.02 Å². The zero-order chi connectivity index (χ0) is 19.1. The normalized spacial score (nSPS) is 10.3. The maximum Gasteiger partial charge on any atom is 0.342 e. The molecular formula is C19H20ClNO5. The van der Waals surface area contributed by atoms with E-state index in [1.807, 2.05) is 31.2 Å². The predicted molar refractivity (Wildman–Crippen MR) is 97.5 cm³/mol. The van der Waals surface area contributed by atoms with E-state index >= 15 is 0 Å². The quantitative estimate of drug-likeness (QED) is 0.749. The van der Waals surface area contributed by atoms with Gasteiger partial charge in [-0.2, -0.15) is 0 Å². The van der Waals surface area contributed by atoms with Crippen molar-refractivity contribution >= 4 is 23.5 Å². The number of hydrogen-bond donors (Lipinski definition) is 1. The smallest absolute Gasteiger partial charge is 0.342 e. The van der Waals surface area contributed by atoms with E-state index in [2.05, 4.69) is 0 Å². The first-order chi connectivity index (χ1) is 12.4. The van der Waals surface area contributed by atoms with Crippen LogP contribution >= 0.6 is 11.6 Å². The lowest BCUT2D eigenvalue weighted by Gasteiger charge is -2.17. The maximum atomic E-state index is 12.1. The fourth-order valence-electron chi connectivity index (χ4n) is 2.21. The van der Waals surface area contributed by atoms with Crippen molar-refractivity contribution in [2.45, 2.75) is 13.5 Å². The fraction of sp³-hybridized carbons (Fsp3) is 0.263.